The van der Waals surface area contributed by atoms with Crippen LogP contribution in [-0.4, -0.2) is 18.1 Å². The Labute approximate surface area is 143 Å². The van der Waals surface area contributed by atoms with Crippen molar-refractivity contribution >= 4 is 10.9 Å². The number of aromatic amines is 1. The molecule has 3 heteroatoms. The molecule has 1 saturated heterocycles. The van der Waals surface area contributed by atoms with Crippen molar-refractivity contribution in [1.82, 2.24) is 10.3 Å². The van der Waals surface area contributed by atoms with Crippen LogP contribution in [0, 0.1) is 5.92 Å². The minimum absolute atomic E-state index is 0.218. The van der Waals surface area contributed by atoms with Gasteiger partial charge in [-0.1, -0.05) is 42.5 Å². The molecule has 0 amide bonds. The molecule has 2 unspecified atom stereocenters. The van der Waals surface area contributed by atoms with Gasteiger partial charge in [0, 0.05) is 42.7 Å². The van der Waals surface area contributed by atoms with E-state index in [9.17, 15) is 0 Å². The molecule has 1 aliphatic heterocycles. The number of ether oxygens (including phenoxy) is 1. The maximum Gasteiger partial charge on any atom is 0.0865 e. The minimum atomic E-state index is 0.218. The Morgan fingerprint density at radius 3 is 2.88 bits per heavy atom. The van der Waals surface area contributed by atoms with E-state index in [0.717, 1.165) is 26.1 Å². The lowest BCUT2D eigenvalue weighted by Gasteiger charge is -2.32. The van der Waals surface area contributed by atoms with Crippen molar-refractivity contribution in [2.24, 2.45) is 5.92 Å². The van der Waals surface area contributed by atoms with Gasteiger partial charge in [0.25, 0.3) is 0 Å². The summed E-state index contributed by atoms with van der Waals surface area (Å²) in [6.45, 7) is 2.76. The van der Waals surface area contributed by atoms with Gasteiger partial charge in [-0.25, -0.2) is 0 Å². The Morgan fingerprint density at radius 2 is 1.96 bits per heavy atom. The molecule has 24 heavy (non-hydrogen) atoms. The predicted octanol–water partition coefficient (Wildman–Crippen LogP) is 4.43. The highest BCUT2D eigenvalue weighted by molar-refractivity contribution is 5.82. The van der Waals surface area contributed by atoms with Crippen LogP contribution < -0.4 is 5.32 Å². The highest BCUT2D eigenvalue weighted by Crippen LogP contribution is 2.33. The summed E-state index contributed by atoms with van der Waals surface area (Å²) >= 11 is 0. The van der Waals surface area contributed by atoms with Gasteiger partial charge in [-0.2, -0.15) is 0 Å². The van der Waals surface area contributed by atoms with E-state index in [2.05, 4.69) is 64.9 Å². The highest BCUT2D eigenvalue weighted by atomic mass is 16.5. The van der Waals surface area contributed by atoms with Gasteiger partial charge < -0.3 is 15.0 Å². The molecule has 0 radical (unpaired) electrons. The molecule has 0 bridgehead atoms. The monoisotopic (exact) mass is 320 g/mol. The van der Waals surface area contributed by atoms with Crippen molar-refractivity contribution < 1.29 is 4.74 Å². The quantitative estimate of drug-likeness (QED) is 0.730. The number of fused-ring (bicyclic) bond motifs is 1. The third-order valence-corrected chi connectivity index (χ3v) is 4.98. The number of nitrogens with one attached hydrogen (secondary N) is 2. The molecule has 0 saturated carbocycles. The van der Waals surface area contributed by atoms with Crippen LogP contribution in [0.25, 0.3) is 10.9 Å². The summed E-state index contributed by atoms with van der Waals surface area (Å²) in [5.74, 6) is 0.534. The fourth-order valence-electron chi connectivity index (χ4n) is 3.76. The first kappa shape index (κ1) is 15.4. The second kappa shape index (κ2) is 7.20. The standard InChI is InChI=1S/C21H24N2O/c1-2-6-16(7-3-1)21-18(9-5-13-24-21)15-22-14-17-8-4-10-20-19(17)11-12-23-20/h1-4,6-8,10-12,18,21-23H,5,9,13-15H2. The van der Waals surface area contributed by atoms with E-state index in [4.69, 9.17) is 4.74 Å². The zero-order valence-electron chi connectivity index (χ0n) is 13.9. The fourth-order valence-corrected chi connectivity index (χ4v) is 3.76. The van der Waals surface area contributed by atoms with Crippen LogP contribution in [0.5, 0.6) is 0 Å². The predicted molar refractivity (Wildman–Crippen MR) is 97.9 cm³/mol. The zero-order valence-corrected chi connectivity index (χ0v) is 13.9. The summed E-state index contributed by atoms with van der Waals surface area (Å²) < 4.78 is 6.09. The van der Waals surface area contributed by atoms with Gasteiger partial charge in [0.1, 0.15) is 0 Å². The summed E-state index contributed by atoms with van der Waals surface area (Å²) in [5, 5.41) is 4.97. The normalized spacial score (nSPS) is 21.2. The molecular weight excluding hydrogens is 296 g/mol. The molecule has 124 valence electrons. The van der Waals surface area contributed by atoms with Gasteiger partial charge in [-0.15, -0.1) is 0 Å². The maximum atomic E-state index is 6.09. The third kappa shape index (κ3) is 3.23. The number of rotatable bonds is 5. The van der Waals surface area contributed by atoms with Crippen molar-refractivity contribution in [3.63, 3.8) is 0 Å². The summed E-state index contributed by atoms with van der Waals surface area (Å²) in [6.07, 6.45) is 4.61. The molecule has 3 aromatic rings. The molecule has 2 aromatic carbocycles. The minimum Gasteiger partial charge on any atom is -0.373 e. The van der Waals surface area contributed by atoms with E-state index >= 15 is 0 Å². The smallest absolute Gasteiger partial charge is 0.0865 e. The number of aromatic nitrogens is 1. The Hall–Kier alpha value is -2.10. The largest absolute Gasteiger partial charge is 0.373 e. The first-order valence-corrected chi connectivity index (χ1v) is 8.84. The Balaban J connectivity index is 1.41. The van der Waals surface area contributed by atoms with E-state index in [1.165, 1.54) is 28.5 Å². The molecule has 2 heterocycles. The van der Waals surface area contributed by atoms with Crippen LogP contribution in [0.4, 0.5) is 0 Å². The number of benzene rings is 2. The first-order chi connectivity index (χ1) is 11.9. The van der Waals surface area contributed by atoms with Gasteiger partial charge in [-0.05, 0) is 36.1 Å². The van der Waals surface area contributed by atoms with Crippen LogP contribution in [0.2, 0.25) is 0 Å². The zero-order chi connectivity index (χ0) is 16.2. The molecule has 2 N–H and O–H groups in total. The van der Waals surface area contributed by atoms with E-state index in [-0.39, 0.29) is 6.10 Å². The summed E-state index contributed by atoms with van der Waals surface area (Å²) in [7, 11) is 0. The average molecular weight is 320 g/mol. The fraction of sp³-hybridized carbons (Fsp3) is 0.333. The van der Waals surface area contributed by atoms with Gasteiger partial charge in [0.15, 0.2) is 0 Å². The van der Waals surface area contributed by atoms with Crippen LogP contribution in [0.15, 0.2) is 60.8 Å². The Kier molecular flexibility index (Phi) is 4.63. The maximum absolute atomic E-state index is 6.09. The molecule has 1 aliphatic rings. The summed E-state index contributed by atoms with van der Waals surface area (Å²) in [4.78, 5) is 3.28. The van der Waals surface area contributed by atoms with Crippen LogP contribution in [0.3, 0.4) is 0 Å². The topological polar surface area (TPSA) is 37.0 Å². The molecule has 1 aromatic heterocycles. The van der Waals surface area contributed by atoms with Crippen molar-refractivity contribution in [2.75, 3.05) is 13.2 Å². The number of H-pyrrole nitrogens is 1. The third-order valence-electron chi connectivity index (χ3n) is 4.98. The lowest BCUT2D eigenvalue weighted by molar-refractivity contribution is -0.0278. The van der Waals surface area contributed by atoms with E-state index < -0.39 is 0 Å². The van der Waals surface area contributed by atoms with Crippen molar-refractivity contribution in [1.29, 1.82) is 0 Å². The van der Waals surface area contributed by atoms with E-state index in [1.807, 2.05) is 6.20 Å². The molecule has 0 aliphatic carbocycles. The lowest BCUT2D eigenvalue weighted by atomic mass is 9.89. The first-order valence-electron chi connectivity index (χ1n) is 8.84. The van der Waals surface area contributed by atoms with Gasteiger partial charge in [0.2, 0.25) is 0 Å². The van der Waals surface area contributed by atoms with Crippen LogP contribution in [0.1, 0.15) is 30.1 Å². The van der Waals surface area contributed by atoms with Crippen molar-refractivity contribution in [3.8, 4) is 0 Å². The van der Waals surface area contributed by atoms with E-state index in [1.54, 1.807) is 0 Å². The molecular formula is C21H24N2O. The Bertz CT molecular complexity index is 781. The SMILES string of the molecule is c1ccc(C2OCCCC2CNCc2cccc3[nH]ccc23)cc1. The summed E-state index contributed by atoms with van der Waals surface area (Å²) in [6, 6.07) is 19.2. The van der Waals surface area contributed by atoms with Gasteiger partial charge in [0.05, 0.1) is 6.10 Å². The average Bonchev–Trinajstić information content (AvgIpc) is 3.12. The number of hydrogen-bond acceptors (Lipinski definition) is 2. The van der Waals surface area contributed by atoms with Gasteiger partial charge in [-0.3, -0.25) is 0 Å². The lowest BCUT2D eigenvalue weighted by Crippen LogP contribution is -2.31. The van der Waals surface area contributed by atoms with Crippen LogP contribution in [-0.2, 0) is 11.3 Å². The second-order valence-electron chi connectivity index (χ2n) is 6.59. The molecule has 3 nitrogen and oxygen atoms in total. The van der Waals surface area contributed by atoms with E-state index in [0.29, 0.717) is 5.92 Å². The number of hydrogen-bond donors (Lipinski definition) is 2. The van der Waals surface area contributed by atoms with Crippen molar-refractivity contribution in [2.45, 2.75) is 25.5 Å². The Morgan fingerprint density at radius 1 is 1.04 bits per heavy atom. The second-order valence-corrected chi connectivity index (χ2v) is 6.59. The molecule has 4 rings (SSSR count). The summed E-state index contributed by atoms with van der Waals surface area (Å²) in [5.41, 5.74) is 3.86. The molecule has 0 spiro atoms. The van der Waals surface area contributed by atoms with Crippen molar-refractivity contribution in [3.05, 3.63) is 71.9 Å². The van der Waals surface area contributed by atoms with Crippen LogP contribution >= 0.6 is 0 Å². The molecule has 1 fully saturated rings. The highest BCUT2D eigenvalue weighted by Gasteiger charge is 2.26. The molecule has 2 atom stereocenters. The van der Waals surface area contributed by atoms with Gasteiger partial charge >= 0.3 is 0 Å².